The highest BCUT2D eigenvalue weighted by Crippen LogP contribution is 2.35. The Labute approximate surface area is 180 Å². The molecular weight excluding hydrogens is 394 g/mol. The van der Waals surface area contributed by atoms with E-state index >= 15 is 0 Å². The van der Waals surface area contributed by atoms with Crippen LogP contribution in [0.5, 0.6) is 0 Å². The molecule has 0 bridgehead atoms. The standard InChI is InChI=1S/C24H27N3O2S/c1-2-11-27-23(16-7-4-3-5-8-16)25-26-24(27)30-15-19-14-22(28)29-21-13-18-10-6-9-17(18)12-20(19)21/h2,12-14,16H,1,3-11,15H2. The van der Waals surface area contributed by atoms with Crippen LogP contribution in [0.2, 0.25) is 0 Å². The van der Waals surface area contributed by atoms with Crippen LogP contribution < -0.4 is 5.63 Å². The molecule has 0 saturated heterocycles. The maximum absolute atomic E-state index is 12.2. The van der Waals surface area contributed by atoms with Crippen LogP contribution in [0.4, 0.5) is 0 Å². The molecule has 1 saturated carbocycles. The van der Waals surface area contributed by atoms with Gasteiger partial charge in [-0.2, -0.15) is 0 Å². The van der Waals surface area contributed by atoms with Gasteiger partial charge in [0.05, 0.1) is 0 Å². The van der Waals surface area contributed by atoms with Crippen molar-refractivity contribution in [2.75, 3.05) is 0 Å². The molecule has 2 aromatic heterocycles. The molecule has 0 radical (unpaired) electrons. The van der Waals surface area contributed by atoms with E-state index in [1.165, 1.54) is 49.7 Å². The van der Waals surface area contributed by atoms with Crippen molar-refractivity contribution in [3.05, 3.63) is 63.8 Å². The number of rotatable bonds is 6. The van der Waals surface area contributed by atoms with Crippen LogP contribution in [-0.4, -0.2) is 14.8 Å². The molecule has 0 aliphatic heterocycles. The second-order valence-electron chi connectivity index (χ2n) is 8.42. The number of allylic oxidation sites excluding steroid dienone is 1. The zero-order valence-corrected chi connectivity index (χ0v) is 18.0. The van der Waals surface area contributed by atoms with Crippen molar-refractivity contribution in [3.63, 3.8) is 0 Å². The summed E-state index contributed by atoms with van der Waals surface area (Å²) in [6, 6.07) is 5.92. The van der Waals surface area contributed by atoms with Crippen LogP contribution in [-0.2, 0) is 25.1 Å². The van der Waals surface area contributed by atoms with Gasteiger partial charge in [0.15, 0.2) is 5.16 Å². The quantitative estimate of drug-likeness (QED) is 0.303. The Hall–Kier alpha value is -2.34. The molecule has 0 atom stereocenters. The first-order valence-corrected chi connectivity index (χ1v) is 12.0. The summed E-state index contributed by atoms with van der Waals surface area (Å²) in [4.78, 5) is 12.2. The molecule has 0 spiro atoms. The maximum Gasteiger partial charge on any atom is 0.336 e. The maximum atomic E-state index is 12.2. The highest BCUT2D eigenvalue weighted by molar-refractivity contribution is 7.98. The molecule has 6 heteroatoms. The Morgan fingerprint density at radius 2 is 1.90 bits per heavy atom. The predicted octanol–water partition coefficient (Wildman–Crippen LogP) is 5.40. The zero-order chi connectivity index (χ0) is 20.5. The molecule has 2 aliphatic carbocycles. The van der Waals surface area contributed by atoms with Crippen molar-refractivity contribution in [3.8, 4) is 0 Å². The summed E-state index contributed by atoms with van der Waals surface area (Å²) in [5, 5.41) is 11.0. The van der Waals surface area contributed by atoms with Crippen molar-refractivity contribution < 1.29 is 4.42 Å². The summed E-state index contributed by atoms with van der Waals surface area (Å²) in [5.41, 5.74) is 4.13. The molecule has 2 aliphatic rings. The molecule has 0 N–H and O–H groups in total. The lowest BCUT2D eigenvalue weighted by Crippen LogP contribution is -2.12. The first-order chi connectivity index (χ1) is 14.7. The number of aryl methyl sites for hydroxylation is 2. The second-order valence-corrected chi connectivity index (χ2v) is 9.37. The average molecular weight is 422 g/mol. The van der Waals surface area contributed by atoms with Crippen molar-refractivity contribution in [1.82, 2.24) is 14.8 Å². The number of hydrogen-bond acceptors (Lipinski definition) is 5. The fourth-order valence-corrected chi connectivity index (χ4v) is 5.87. The molecule has 5 nitrogen and oxygen atoms in total. The fourth-order valence-electron chi connectivity index (χ4n) is 4.93. The van der Waals surface area contributed by atoms with Gasteiger partial charge in [-0.1, -0.05) is 37.1 Å². The molecule has 0 unspecified atom stereocenters. The van der Waals surface area contributed by atoms with Gasteiger partial charge in [0.1, 0.15) is 11.4 Å². The van der Waals surface area contributed by atoms with Crippen LogP contribution in [0.3, 0.4) is 0 Å². The monoisotopic (exact) mass is 421 g/mol. The van der Waals surface area contributed by atoms with Gasteiger partial charge in [-0.25, -0.2) is 4.79 Å². The minimum absolute atomic E-state index is 0.286. The van der Waals surface area contributed by atoms with Crippen LogP contribution in [0, 0.1) is 0 Å². The minimum Gasteiger partial charge on any atom is -0.423 e. The second kappa shape index (κ2) is 8.42. The first kappa shape index (κ1) is 19.6. The van der Waals surface area contributed by atoms with E-state index in [9.17, 15) is 4.79 Å². The lowest BCUT2D eigenvalue weighted by atomic mass is 9.89. The van der Waals surface area contributed by atoms with Crippen LogP contribution in [0.1, 0.15) is 67.0 Å². The molecule has 30 heavy (non-hydrogen) atoms. The predicted molar refractivity (Wildman–Crippen MR) is 120 cm³/mol. The Kier molecular flexibility index (Phi) is 5.50. The van der Waals surface area contributed by atoms with Crippen molar-refractivity contribution in [2.24, 2.45) is 0 Å². The molecule has 1 fully saturated rings. The topological polar surface area (TPSA) is 60.9 Å². The summed E-state index contributed by atoms with van der Waals surface area (Å²) in [6.07, 6.45) is 11.5. The van der Waals surface area contributed by atoms with Crippen molar-refractivity contribution >= 4 is 22.7 Å². The Morgan fingerprint density at radius 3 is 2.70 bits per heavy atom. The Bertz CT molecular complexity index is 1140. The highest BCUT2D eigenvalue weighted by Gasteiger charge is 2.23. The molecule has 156 valence electrons. The molecule has 2 heterocycles. The number of thioether (sulfide) groups is 1. The number of benzene rings is 1. The molecule has 0 amide bonds. The van der Waals surface area contributed by atoms with E-state index in [2.05, 4.69) is 33.5 Å². The highest BCUT2D eigenvalue weighted by atomic mass is 32.2. The van der Waals surface area contributed by atoms with E-state index in [0.29, 0.717) is 23.8 Å². The largest absolute Gasteiger partial charge is 0.423 e. The normalized spacial score (nSPS) is 16.8. The van der Waals surface area contributed by atoms with Crippen LogP contribution in [0.15, 0.2) is 45.2 Å². The van der Waals surface area contributed by atoms with E-state index in [1.54, 1.807) is 17.8 Å². The zero-order valence-electron chi connectivity index (χ0n) is 17.2. The van der Waals surface area contributed by atoms with E-state index < -0.39 is 0 Å². The van der Waals surface area contributed by atoms with Gasteiger partial charge >= 0.3 is 5.63 Å². The minimum atomic E-state index is -0.286. The van der Waals surface area contributed by atoms with Gasteiger partial charge in [0, 0.05) is 29.7 Å². The van der Waals surface area contributed by atoms with Gasteiger partial charge in [-0.05, 0) is 60.9 Å². The first-order valence-electron chi connectivity index (χ1n) is 11.0. The van der Waals surface area contributed by atoms with Gasteiger partial charge in [0.25, 0.3) is 0 Å². The van der Waals surface area contributed by atoms with Crippen molar-refractivity contribution in [1.29, 1.82) is 0 Å². The Morgan fingerprint density at radius 1 is 1.10 bits per heavy atom. The summed E-state index contributed by atoms with van der Waals surface area (Å²) in [7, 11) is 0. The fraction of sp³-hybridized carbons (Fsp3) is 0.458. The lowest BCUT2D eigenvalue weighted by Gasteiger charge is -2.21. The molecule has 5 rings (SSSR count). The number of aromatic nitrogens is 3. The average Bonchev–Trinajstić information content (AvgIpc) is 3.38. The van der Waals surface area contributed by atoms with Crippen molar-refractivity contribution in [2.45, 2.75) is 74.7 Å². The third-order valence-corrected chi connectivity index (χ3v) is 7.44. The summed E-state index contributed by atoms with van der Waals surface area (Å²) >= 11 is 1.64. The smallest absolute Gasteiger partial charge is 0.336 e. The Balaban J connectivity index is 1.45. The summed E-state index contributed by atoms with van der Waals surface area (Å²) in [5.74, 6) is 2.25. The molecular formula is C24H27N3O2S. The van der Waals surface area contributed by atoms with E-state index in [1.807, 2.05) is 6.08 Å². The van der Waals surface area contributed by atoms with Gasteiger partial charge < -0.3 is 8.98 Å². The van der Waals surface area contributed by atoms with E-state index in [0.717, 1.165) is 34.8 Å². The van der Waals surface area contributed by atoms with E-state index in [-0.39, 0.29) is 5.63 Å². The van der Waals surface area contributed by atoms with Crippen LogP contribution >= 0.6 is 11.8 Å². The van der Waals surface area contributed by atoms with Gasteiger partial charge in [-0.15, -0.1) is 16.8 Å². The van der Waals surface area contributed by atoms with Crippen LogP contribution in [0.25, 0.3) is 11.0 Å². The number of nitrogens with zero attached hydrogens (tertiary/aromatic N) is 3. The summed E-state index contributed by atoms with van der Waals surface area (Å²) < 4.78 is 7.72. The molecule has 1 aromatic carbocycles. The lowest BCUT2D eigenvalue weighted by molar-refractivity contribution is 0.415. The summed E-state index contributed by atoms with van der Waals surface area (Å²) in [6.45, 7) is 4.64. The third-order valence-electron chi connectivity index (χ3n) is 6.43. The van der Waals surface area contributed by atoms with E-state index in [4.69, 9.17) is 4.42 Å². The molecule has 3 aromatic rings. The third kappa shape index (κ3) is 3.73. The number of hydrogen-bond donors (Lipinski definition) is 0. The SMILES string of the molecule is C=CCn1c(SCc2cc(=O)oc3cc4c(cc23)CCC4)nnc1C1CCCCC1. The van der Waals surface area contributed by atoms with Gasteiger partial charge in [0.2, 0.25) is 0 Å². The number of fused-ring (bicyclic) bond motifs is 2. The van der Waals surface area contributed by atoms with Gasteiger partial charge in [-0.3, -0.25) is 0 Å².